The van der Waals surface area contributed by atoms with E-state index >= 15 is 0 Å². The van der Waals surface area contributed by atoms with Crippen molar-refractivity contribution in [1.29, 1.82) is 0 Å². The Morgan fingerprint density at radius 2 is 1.72 bits per heavy atom. The van der Waals surface area contributed by atoms with E-state index in [9.17, 15) is 4.79 Å². The first kappa shape index (κ1) is 17.6. The second-order valence-corrected chi connectivity index (χ2v) is 6.73. The maximum absolute atomic E-state index is 12.8. The predicted molar refractivity (Wildman–Crippen MR) is 99.8 cm³/mol. The molecule has 0 saturated carbocycles. The topological polar surface area (TPSA) is 41.6 Å². The van der Waals surface area contributed by atoms with Crippen LogP contribution in [-0.4, -0.2) is 43.7 Å². The highest BCUT2D eigenvalue weighted by Crippen LogP contribution is 2.17. The molecule has 1 atom stereocenters. The van der Waals surface area contributed by atoms with Crippen molar-refractivity contribution in [3.05, 3.63) is 70.8 Å². The van der Waals surface area contributed by atoms with Crippen LogP contribution >= 0.6 is 0 Å². The van der Waals surface area contributed by atoms with E-state index in [1.54, 1.807) is 0 Å². The minimum Gasteiger partial charge on any atom is -0.379 e. The van der Waals surface area contributed by atoms with E-state index in [0.29, 0.717) is 0 Å². The van der Waals surface area contributed by atoms with Gasteiger partial charge in [0.1, 0.15) is 0 Å². The van der Waals surface area contributed by atoms with Crippen molar-refractivity contribution in [3.8, 4) is 0 Å². The summed E-state index contributed by atoms with van der Waals surface area (Å²) in [6, 6.07) is 16.1. The van der Waals surface area contributed by atoms with Gasteiger partial charge in [-0.25, -0.2) is 0 Å². The average molecular weight is 338 g/mol. The highest BCUT2D eigenvalue weighted by Gasteiger charge is 2.20. The molecule has 4 heteroatoms. The van der Waals surface area contributed by atoms with Crippen LogP contribution in [0.4, 0.5) is 0 Å². The van der Waals surface area contributed by atoms with E-state index < -0.39 is 0 Å². The summed E-state index contributed by atoms with van der Waals surface area (Å²) < 4.78 is 5.43. The summed E-state index contributed by atoms with van der Waals surface area (Å²) in [4.78, 5) is 15.2. The number of carbonyl (C=O) groups excluding carboxylic acids is 1. The van der Waals surface area contributed by atoms with E-state index in [-0.39, 0.29) is 11.9 Å². The SMILES string of the molecule is Cc1cc(C)cc(C(=O)N[C@@H](CN2CCOCC2)c2ccccc2)c1. The van der Waals surface area contributed by atoms with Crippen LogP contribution in [0.25, 0.3) is 0 Å². The number of aryl methyl sites for hydroxylation is 2. The predicted octanol–water partition coefficient (Wildman–Crippen LogP) is 3.11. The molecule has 1 amide bonds. The van der Waals surface area contributed by atoms with E-state index in [4.69, 9.17) is 4.74 Å². The molecule has 0 bridgehead atoms. The van der Waals surface area contributed by atoms with Gasteiger partial charge in [-0.2, -0.15) is 0 Å². The molecule has 4 nitrogen and oxygen atoms in total. The van der Waals surface area contributed by atoms with E-state index in [0.717, 1.165) is 55.1 Å². The van der Waals surface area contributed by atoms with Gasteiger partial charge in [0.15, 0.2) is 0 Å². The number of carbonyl (C=O) groups is 1. The summed E-state index contributed by atoms with van der Waals surface area (Å²) in [6.07, 6.45) is 0. The molecule has 2 aromatic carbocycles. The van der Waals surface area contributed by atoms with Crippen LogP contribution in [0.15, 0.2) is 48.5 Å². The molecule has 1 fully saturated rings. The standard InChI is InChI=1S/C21H26N2O2/c1-16-12-17(2)14-19(13-16)21(24)22-20(18-6-4-3-5-7-18)15-23-8-10-25-11-9-23/h3-7,12-14,20H,8-11,15H2,1-2H3,(H,22,24)/t20-/m0/s1. The molecule has 1 heterocycles. The third-order valence-corrected chi connectivity index (χ3v) is 4.54. The number of hydrogen-bond acceptors (Lipinski definition) is 3. The lowest BCUT2D eigenvalue weighted by Gasteiger charge is -2.31. The zero-order valence-electron chi connectivity index (χ0n) is 15.0. The number of rotatable bonds is 5. The Kier molecular flexibility index (Phi) is 5.84. The molecular weight excluding hydrogens is 312 g/mol. The van der Waals surface area contributed by atoms with Gasteiger partial charge >= 0.3 is 0 Å². The van der Waals surface area contributed by atoms with Gasteiger partial charge in [0, 0.05) is 25.2 Å². The van der Waals surface area contributed by atoms with Crippen LogP contribution in [0.2, 0.25) is 0 Å². The van der Waals surface area contributed by atoms with Crippen molar-refractivity contribution >= 4 is 5.91 Å². The molecule has 0 radical (unpaired) electrons. The van der Waals surface area contributed by atoms with Crippen LogP contribution in [0.5, 0.6) is 0 Å². The highest BCUT2D eigenvalue weighted by molar-refractivity contribution is 5.94. The second kappa shape index (κ2) is 8.28. The van der Waals surface area contributed by atoms with Gasteiger partial charge < -0.3 is 10.1 Å². The van der Waals surface area contributed by atoms with Crippen molar-refractivity contribution in [1.82, 2.24) is 10.2 Å². The zero-order valence-corrected chi connectivity index (χ0v) is 15.0. The van der Waals surface area contributed by atoms with Crippen LogP contribution < -0.4 is 5.32 Å². The molecular formula is C21H26N2O2. The molecule has 1 N–H and O–H groups in total. The summed E-state index contributed by atoms with van der Waals surface area (Å²) in [5.74, 6) is -0.0195. The normalized spacial score (nSPS) is 16.4. The lowest BCUT2D eigenvalue weighted by molar-refractivity contribution is 0.0332. The quantitative estimate of drug-likeness (QED) is 0.911. The van der Waals surface area contributed by atoms with Crippen LogP contribution in [0, 0.1) is 13.8 Å². The summed E-state index contributed by atoms with van der Waals surface area (Å²) in [7, 11) is 0. The largest absolute Gasteiger partial charge is 0.379 e. The van der Waals surface area contributed by atoms with Gasteiger partial charge in [0.25, 0.3) is 5.91 Å². The Hall–Kier alpha value is -2.17. The van der Waals surface area contributed by atoms with Crippen molar-refractivity contribution < 1.29 is 9.53 Å². The molecule has 1 saturated heterocycles. The first-order valence-corrected chi connectivity index (χ1v) is 8.86. The van der Waals surface area contributed by atoms with Crippen molar-refractivity contribution in [2.45, 2.75) is 19.9 Å². The number of nitrogens with one attached hydrogen (secondary N) is 1. The van der Waals surface area contributed by atoms with Crippen molar-refractivity contribution in [2.75, 3.05) is 32.8 Å². The van der Waals surface area contributed by atoms with Gasteiger partial charge in [-0.1, -0.05) is 47.5 Å². The lowest BCUT2D eigenvalue weighted by atomic mass is 10.0. The van der Waals surface area contributed by atoms with Crippen LogP contribution in [-0.2, 0) is 4.74 Å². The summed E-state index contributed by atoms with van der Waals surface area (Å²) in [5.41, 5.74) is 4.07. The summed E-state index contributed by atoms with van der Waals surface area (Å²) >= 11 is 0. The number of nitrogens with zero attached hydrogens (tertiary/aromatic N) is 1. The zero-order chi connectivity index (χ0) is 17.6. The molecule has 1 aliphatic heterocycles. The summed E-state index contributed by atoms with van der Waals surface area (Å²) in [6.45, 7) is 8.16. The average Bonchev–Trinajstić information content (AvgIpc) is 2.62. The highest BCUT2D eigenvalue weighted by atomic mass is 16.5. The fraction of sp³-hybridized carbons (Fsp3) is 0.381. The molecule has 132 valence electrons. The molecule has 0 unspecified atom stereocenters. The molecule has 1 aliphatic rings. The minimum atomic E-state index is -0.0346. The Labute approximate surface area is 149 Å². The van der Waals surface area contributed by atoms with Crippen LogP contribution in [0.1, 0.15) is 33.1 Å². The number of ether oxygens (including phenoxy) is 1. The number of hydrogen-bond donors (Lipinski definition) is 1. The smallest absolute Gasteiger partial charge is 0.251 e. The molecule has 2 aromatic rings. The lowest BCUT2D eigenvalue weighted by Crippen LogP contribution is -2.43. The van der Waals surface area contributed by atoms with Crippen LogP contribution in [0.3, 0.4) is 0 Å². The number of morpholine rings is 1. The maximum Gasteiger partial charge on any atom is 0.251 e. The Bertz CT molecular complexity index is 689. The first-order valence-electron chi connectivity index (χ1n) is 8.86. The van der Waals surface area contributed by atoms with E-state index in [2.05, 4.69) is 28.4 Å². The Balaban J connectivity index is 1.77. The maximum atomic E-state index is 12.8. The van der Waals surface area contributed by atoms with Gasteiger partial charge in [-0.05, 0) is 31.5 Å². The first-order chi connectivity index (χ1) is 12.1. The second-order valence-electron chi connectivity index (χ2n) is 6.73. The molecule has 0 spiro atoms. The Morgan fingerprint density at radius 1 is 1.08 bits per heavy atom. The number of amides is 1. The van der Waals surface area contributed by atoms with Gasteiger partial charge in [0.05, 0.1) is 19.3 Å². The van der Waals surface area contributed by atoms with Gasteiger partial charge in [-0.3, -0.25) is 9.69 Å². The molecule has 0 aromatic heterocycles. The van der Waals surface area contributed by atoms with Gasteiger partial charge in [0.2, 0.25) is 0 Å². The fourth-order valence-electron chi connectivity index (χ4n) is 3.31. The van der Waals surface area contributed by atoms with Gasteiger partial charge in [-0.15, -0.1) is 0 Å². The van der Waals surface area contributed by atoms with E-state index in [1.807, 2.05) is 44.2 Å². The van der Waals surface area contributed by atoms with E-state index in [1.165, 1.54) is 0 Å². The Morgan fingerprint density at radius 3 is 2.36 bits per heavy atom. The van der Waals surface area contributed by atoms with Crippen molar-refractivity contribution in [3.63, 3.8) is 0 Å². The minimum absolute atomic E-state index is 0.0195. The fourth-order valence-corrected chi connectivity index (χ4v) is 3.31. The monoisotopic (exact) mass is 338 g/mol. The molecule has 0 aliphatic carbocycles. The third kappa shape index (κ3) is 4.91. The molecule has 3 rings (SSSR count). The number of benzene rings is 2. The third-order valence-electron chi connectivity index (χ3n) is 4.54. The summed E-state index contributed by atoms with van der Waals surface area (Å²) in [5, 5.41) is 3.23. The van der Waals surface area contributed by atoms with Crippen molar-refractivity contribution in [2.24, 2.45) is 0 Å². The molecule has 25 heavy (non-hydrogen) atoms.